The Kier molecular flexibility index (Phi) is 7.35. The van der Waals surface area contributed by atoms with Crippen LogP contribution >= 0.6 is 0 Å². The van der Waals surface area contributed by atoms with Crippen molar-refractivity contribution in [3.05, 3.63) is 83.9 Å². The number of ether oxygens (including phenoxy) is 1. The maximum atomic E-state index is 5.77. The van der Waals surface area contributed by atoms with Gasteiger partial charge in [-0.1, -0.05) is 73.8 Å². The second kappa shape index (κ2) is 9.81. The molecule has 0 N–H and O–H groups in total. The average molecular weight is 306 g/mol. The van der Waals surface area contributed by atoms with Gasteiger partial charge in [0.25, 0.3) is 0 Å². The second-order valence-electron chi connectivity index (χ2n) is 5.63. The predicted molar refractivity (Wildman–Crippen MR) is 101 cm³/mol. The van der Waals surface area contributed by atoms with Gasteiger partial charge in [0.15, 0.2) is 0 Å². The number of rotatable bonds is 10. The predicted octanol–water partition coefficient (Wildman–Crippen LogP) is 5.55. The van der Waals surface area contributed by atoms with E-state index in [1.807, 2.05) is 12.2 Å². The summed E-state index contributed by atoms with van der Waals surface area (Å²) in [6, 6.07) is 16.8. The van der Waals surface area contributed by atoms with E-state index in [0.29, 0.717) is 0 Å². The number of aryl methyl sites for hydroxylation is 2. The van der Waals surface area contributed by atoms with E-state index in [1.165, 1.54) is 22.3 Å². The van der Waals surface area contributed by atoms with E-state index in [2.05, 4.69) is 61.7 Å². The fourth-order valence-electron chi connectivity index (χ4n) is 2.75. The van der Waals surface area contributed by atoms with E-state index in [4.69, 9.17) is 4.74 Å². The molecule has 0 unspecified atom stereocenters. The third-order valence-electron chi connectivity index (χ3n) is 4.02. The van der Waals surface area contributed by atoms with Gasteiger partial charge < -0.3 is 4.74 Å². The third kappa shape index (κ3) is 5.54. The molecule has 2 aromatic rings. The lowest BCUT2D eigenvalue weighted by molar-refractivity contribution is 0.130. The van der Waals surface area contributed by atoms with Crippen LogP contribution in [0.15, 0.2) is 61.7 Å². The Balaban J connectivity index is 1.63. The van der Waals surface area contributed by atoms with Gasteiger partial charge in [-0.25, -0.2) is 0 Å². The molecule has 0 spiro atoms. The zero-order valence-electron chi connectivity index (χ0n) is 13.8. The summed E-state index contributed by atoms with van der Waals surface area (Å²) in [5, 5.41) is 0. The van der Waals surface area contributed by atoms with Gasteiger partial charge in [-0.15, -0.1) is 0 Å². The van der Waals surface area contributed by atoms with Gasteiger partial charge in [-0.3, -0.25) is 0 Å². The fourth-order valence-corrected chi connectivity index (χ4v) is 2.75. The molecule has 0 aromatic heterocycles. The molecule has 2 rings (SSSR count). The van der Waals surface area contributed by atoms with Crippen LogP contribution in [0, 0.1) is 0 Å². The molecule has 0 aliphatic rings. The molecule has 0 fully saturated rings. The first-order chi connectivity index (χ1) is 11.3. The second-order valence-corrected chi connectivity index (χ2v) is 5.63. The Bertz CT molecular complexity index is 572. The monoisotopic (exact) mass is 306 g/mol. The smallest absolute Gasteiger partial charge is 0.0469 e. The van der Waals surface area contributed by atoms with Gasteiger partial charge in [0.1, 0.15) is 0 Å². The summed E-state index contributed by atoms with van der Waals surface area (Å²) in [7, 11) is 0. The molecule has 0 atom stereocenters. The molecule has 0 aliphatic carbocycles. The Labute approximate surface area is 140 Å². The summed E-state index contributed by atoms with van der Waals surface area (Å²) >= 11 is 0. The highest BCUT2D eigenvalue weighted by Gasteiger charge is 2.00. The van der Waals surface area contributed by atoms with Crippen LogP contribution in [-0.4, -0.2) is 13.2 Å². The number of hydrogen-bond acceptors (Lipinski definition) is 1. The van der Waals surface area contributed by atoms with E-state index in [9.17, 15) is 0 Å². The van der Waals surface area contributed by atoms with Gasteiger partial charge in [0.2, 0.25) is 0 Å². The highest BCUT2D eigenvalue weighted by molar-refractivity contribution is 5.52. The summed E-state index contributed by atoms with van der Waals surface area (Å²) < 4.78 is 5.77. The maximum absolute atomic E-state index is 5.77. The van der Waals surface area contributed by atoms with Gasteiger partial charge in [0.05, 0.1) is 0 Å². The molecule has 1 heteroatoms. The Morgan fingerprint density at radius 2 is 1.13 bits per heavy atom. The van der Waals surface area contributed by atoms with Gasteiger partial charge >= 0.3 is 0 Å². The van der Waals surface area contributed by atoms with Gasteiger partial charge in [-0.2, -0.15) is 0 Å². The molecule has 0 amide bonds. The lowest BCUT2D eigenvalue weighted by Crippen LogP contribution is -2.01. The molecule has 0 bridgehead atoms. The normalized spacial score (nSPS) is 10.4. The summed E-state index contributed by atoms with van der Waals surface area (Å²) in [4.78, 5) is 0. The summed E-state index contributed by atoms with van der Waals surface area (Å²) in [6.45, 7) is 9.36. The molecule has 0 saturated carbocycles. The van der Waals surface area contributed by atoms with Crippen molar-refractivity contribution in [2.24, 2.45) is 0 Å². The van der Waals surface area contributed by atoms with Crippen LogP contribution in [0.2, 0.25) is 0 Å². The van der Waals surface area contributed by atoms with Crippen LogP contribution in [0.3, 0.4) is 0 Å². The topological polar surface area (TPSA) is 9.23 Å². The van der Waals surface area contributed by atoms with Gasteiger partial charge in [-0.05, 0) is 47.9 Å². The van der Waals surface area contributed by atoms with Crippen molar-refractivity contribution in [1.82, 2.24) is 0 Å². The van der Waals surface area contributed by atoms with Crippen LogP contribution < -0.4 is 0 Å². The zero-order valence-corrected chi connectivity index (χ0v) is 13.8. The lowest BCUT2D eigenvalue weighted by Gasteiger charge is -2.08. The summed E-state index contributed by atoms with van der Waals surface area (Å²) in [5.74, 6) is 0. The fraction of sp³-hybridized carbons (Fsp3) is 0.273. The molecular weight excluding hydrogens is 280 g/mol. The van der Waals surface area contributed by atoms with Crippen LogP contribution in [0.1, 0.15) is 35.1 Å². The Morgan fingerprint density at radius 3 is 1.57 bits per heavy atom. The Morgan fingerprint density at radius 1 is 0.696 bits per heavy atom. The van der Waals surface area contributed by atoms with Crippen LogP contribution in [-0.2, 0) is 17.6 Å². The first-order valence-electron chi connectivity index (χ1n) is 8.33. The standard InChI is InChI=1S/C22H26O/c1-3-19-11-5-7-13-21(19)15-9-17-23-18-10-16-22-14-8-6-12-20(22)4-2/h3-8,11-14H,1-2,9-10,15-18H2. The van der Waals surface area contributed by atoms with E-state index in [-0.39, 0.29) is 0 Å². The van der Waals surface area contributed by atoms with E-state index in [1.54, 1.807) is 0 Å². The minimum absolute atomic E-state index is 0.814. The van der Waals surface area contributed by atoms with Crippen molar-refractivity contribution >= 4 is 12.2 Å². The largest absolute Gasteiger partial charge is 0.381 e. The van der Waals surface area contributed by atoms with E-state index >= 15 is 0 Å². The van der Waals surface area contributed by atoms with Crippen molar-refractivity contribution in [1.29, 1.82) is 0 Å². The minimum Gasteiger partial charge on any atom is -0.381 e. The highest BCUT2D eigenvalue weighted by atomic mass is 16.5. The molecule has 120 valence electrons. The molecule has 1 nitrogen and oxygen atoms in total. The van der Waals surface area contributed by atoms with Crippen LogP contribution in [0.4, 0.5) is 0 Å². The highest BCUT2D eigenvalue weighted by Crippen LogP contribution is 2.13. The first-order valence-corrected chi connectivity index (χ1v) is 8.33. The number of hydrogen-bond donors (Lipinski definition) is 0. The Hall–Kier alpha value is -2.12. The van der Waals surface area contributed by atoms with Crippen LogP contribution in [0.5, 0.6) is 0 Å². The van der Waals surface area contributed by atoms with Crippen molar-refractivity contribution in [3.8, 4) is 0 Å². The number of benzene rings is 2. The average Bonchev–Trinajstić information content (AvgIpc) is 2.61. The zero-order chi connectivity index (χ0) is 16.3. The van der Waals surface area contributed by atoms with E-state index in [0.717, 1.165) is 38.9 Å². The molecule has 23 heavy (non-hydrogen) atoms. The van der Waals surface area contributed by atoms with Crippen molar-refractivity contribution in [2.45, 2.75) is 25.7 Å². The third-order valence-corrected chi connectivity index (χ3v) is 4.02. The summed E-state index contributed by atoms with van der Waals surface area (Å²) in [6.07, 6.45) is 8.03. The molecule has 0 radical (unpaired) electrons. The van der Waals surface area contributed by atoms with Crippen molar-refractivity contribution in [3.63, 3.8) is 0 Å². The molecule has 2 aromatic carbocycles. The van der Waals surface area contributed by atoms with E-state index < -0.39 is 0 Å². The quantitative estimate of drug-likeness (QED) is 0.523. The SMILES string of the molecule is C=Cc1ccccc1CCCOCCCc1ccccc1C=C. The van der Waals surface area contributed by atoms with Crippen LogP contribution in [0.25, 0.3) is 12.2 Å². The minimum atomic E-state index is 0.814. The molecule has 0 heterocycles. The molecule has 0 saturated heterocycles. The lowest BCUT2D eigenvalue weighted by atomic mass is 10.0. The van der Waals surface area contributed by atoms with Crippen molar-refractivity contribution in [2.75, 3.05) is 13.2 Å². The summed E-state index contributed by atoms with van der Waals surface area (Å²) in [5.41, 5.74) is 5.17. The maximum Gasteiger partial charge on any atom is 0.0469 e. The van der Waals surface area contributed by atoms with Gasteiger partial charge in [0, 0.05) is 13.2 Å². The van der Waals surface area contributed by atoms with Crippen molar-refractivity contribution < 1.29 is 4.74 Å². The molecular formula is C22H26O. The molecule has 0 aliphatic heterocycles. The first kappa shape index (κ1) is 17.2.